The summed E-state index contributed by atoms with van der Waals surface area (Å²) in [6.45, 7) is 10.7. The van der Waals surface area contributed by atoms with Crippen LogP contribution < -0.4 is 0 Å². The predicted molar refractivity (Wildman–Crippen MR) is 101 cm³/mol. The van der Waals surface area contributed by atoms with Crippen LogP contribution in [0, 0.1) is 21.4 Å². The highest BCUT2D eigenvalue weighted by Crippen LogP contribution is 2.43. The van der Waals surface area contributed by atoms with Gasteiger partial charge in [-0.1, -0.05) is 34.6 Å². The van der Waals surface area contributed by atoms with Crippen molar-refractivity contribution in [1.29, 1.82) is 0 Å². The van der Waals surface area contributed by atoms with Crippen molar-refractivity contribution in [3.63, 3.8) is 0 Å². The molecule has 1 heterocycles. The van der Waals surface area contributed by atoms with Gasteiger partial charge in [0, 0.05) is 52.0 Å². The van der Waals surface area contributed by atoms with Crippen LogP contribution in [0.25, 0.3) is 10.9 Å². The molecule has 1 aromatic carbocycles. The highest BCUT2D eigenvalue weighted by Gasteiger charge is 2.48. The van der Waals surface area contributed by atoms with Crippen LogP contribution in [-0.2, 0) is 12.0 Å². The van der Waals surface area contributed by atoms with Gasteiger partial charge in [-0.15, -0.1) is 0 Å². The first-order valence-corrected chi connectivity index (χ1v) is 9.07. The lowest BCUT2D eigenvalue weighted by Gasteiger charge is -2.29. The molecule has 0 spiro atoms. The first kappa shape index (κ1) is 18.9. The van der Waals surface area contributed by atoms with E-state index in [9.17, 15) is 20.3 Å². The van der Waals surface area contributed by atoms with Gasteiger partial charge < -0.3 is 14.8 Å². The Morgan fingerprint density at radius 1 is 1.27 bits per heavy atom. The van der Waals surface area contributed by atoms with E-state index in [0.29, 0.717) is 13.0 Å². The van der Waals surface area contributed by atoms with Crippen LogP contribution >= 0.6 is 0 Å². The maximum Gasteiger partial charge on any atom is 0.270 e. The quantitative estimate of drug-likeness (QED) is 0.646. The topological polar surface area (TPSA) is 88.5 Å². The molecule has 2 aromatic rings. The largest absolute Gasteiger partial charge is 0.392 e. The molecule has 1 aliphatic rings. The highest BCUT2D eigenvalue weighted by atomic mass is 16.6. The fourth-order valence-electron chi connectivity index (χ4n) is 4.12. The molecule has 0 unspecified atom stereocenters. The molecule has 142 valence electrons. The summed E-state index contributed by atoms with van der Waals surface area (Å²) in [6, 6.07) is 6.91. The third-order valence-corrected chi connectivity index (χ3v) is 5.87. The van der Waals surface area contributed by atoms with Crippen molar-refractivity contribution < 1.29 is 15.1 Å². The van der Waals surface area contributed by atoms with Gasteiger partial charge in [-0.05, 0) is 18.6 Å². The molecule has 6 heteroatoms. The van der Waals surface area contributed by atoms with E-state index in [2.05, 4.69) is 25.3 Å². The van der Waals surface area contributed by atoms with Crippen LogP contribution in [0.5, 0.6) is 0 Å². The van der Waals surface area contributed by atoms with Gasteiger partial charge >= 0.3 is 0 Å². The smallest absolute Gasteiger partial charge is 0.270 e. The molecule has 2 N–H and O–H groups in total. The van der Waals surface area contributed by atoms with Gasteiger partial charge in [-0.2, -0.15) is 0 Å². The zero-order chi connectivity index (χ0) is 19.4. The molecule has 0 amide bonds. The third kappa shape index (κ3) is 3.01. The van der Waals surface area contributed by atoms with Crippen LogP contribution in [-0.4, -0.2) is 31.9 Å². The summed E-state index contributed by atoms with van der Waals surface area (Å²) in [5.74, 6) is -0.0631. The van der Waals surface area contributed by atoms with Crippen molar-refractivity contribution in [1.82, 2.24) is 4.57 Å². The minimum atomic E-state index is -0.596. The number of hydrogen-bond donors (Lipinski definition) is 2. The molecule has 1 saturated carbocycles. The number of aliphatic hydroxyl groups is 2. The Bertz CT molecular complexity index is 847. The number of nitrogens with zero attached hydrogens (tertiary/aromatic N) is 2. The van der Waals surface area contributed by atoms with Crippen molar-refractivity contribution in [3.8, 4) is 0 Å². The van der Waals surface area contributed by atoms with Crippen molar-refractivity contribution in [2.75, 3.05) is 0 Å². The Hall–Kier alpha value is -1.92. The lowest BCUT2D eigenvalue weighted by Crippen LogP contribution is -2.35. The minimum absolute atomic E-state index is 0.0631. The summed E-state index contributed by atoms with van der Waals surface area (Å²) in [5, 5.41) is 33.0. The van der Waals surface area contributed by atoms with Gasteiger partial charge in [0.15, 0.2) is 0 Å². The molecule has 0 saturated heterocycles. The van der Waals surface area contributed by atoms with Crippen LogP contribution in [0.4, 0.5) is 5.69 Å². The van der Waals surface area contributed by atoms with E-state index in [1.165, 1.54) is 6.07 Å². The second kappa shape index (κ2) is 6.06. The standard InChI is InChI=1S/C20H28N2O4/c1-19(2,3)16-9-12-8-14(22(25)26)6-7-15(12)21(16)11-13-10-17(23)20(4,5)18(13)24/h6-9,13,17-18,23-24H,10-11H2,1-5H3/t13-,17-,18-/m1/s1. The molecule has 1 fully saturated rings. The van der Waals surface area contributed by atoms with E-state index < -0.39 is 17.6 Å². The molecule has 0 bridgehead atoms. The van der Waals surface area contributed by atoms with E-state index >= 15 is 0 Å². The summed E-state index contributed by atoms with van der Waals surface area (Å²) in [6.07, 6.45) is -0.589. The second-order valence-corrected chi connectivity index (χ2v) is 9.17. The third-order valence-electron chi connectivity index (χ3n) is 5.87. The van der Waals surface area contributed by atoms with Crippen LogP contribution in [0.2, 0.25) is 0 Å². The number of aromatic nitrogens is 1. The van der Waals surface area contributed by atoms with E-state index in [0.717, 1.165) is 16.6 Å². The summed E-state index contributed by atoms with van der Waals surface area (Å²) in [4.78, 5) is 10.7. The number of aliphatic hydroxyl groups excluding tert-OH is 2. The summed E-state index contributed by atoms with van der Waals surface area (Å²) in [7, 11) is 0. The number of non-ortho nitro benzene ring substituents is 1. The maximum atomic E-state index is 11.1. The molecule has 1 aliphatic carbocycles. The highest BCUT2D eigenvalue weighted by molar-refractivity contribution is 5.84. The van der Waals surface area contributed by atoms with E-state index in [1.807, 2.05) is 19.9 Å². The Kier molecular flexibility index (Phi) is 4.40. The van der Waals surface area contributed by atoms with E-state index in [-0.39, 0.29) is 21.9 Å². The fourth-order valence-corrected chi connectivity index (χ4v) is 4.12. The molecule has 3 atom stereocenters. The fraction of sp³-hybridized carbons (Fsp3) is 0.600. The second-order valence-electron chi connectivity index (χ2n) is 9.17. The summed E-state index contributed by atoms with van der Waals surface area (Å²) >= 11 is 0. The SMILES string of the molecule is CC(C)(C)c1cc2cc([N+](=O)[O-])ccc2n1C[C@H]1C[C@@H](O)C(C)(C)[C@@H]1O. The Balaban J connectivity index is 2.08. The maximum absolute atomic E-state index is 11.1. The zero-order valence-electron chi connectivity index (χ0n) is 16.1. The number of rotatable bonds is 3. The van der Waals surface area contributed by atoms with Crippen molar-refractivity contribution in [3.05, 3.63) is 40.1 Å². The number of nitro groups is 1. The molecule has 0 radical (unpaired) electrons. The Morgan fingerprint density at radius 2 is 1.92 bits per heavy atom. The zero-order valence-corrected chi connectivity index (χ0v) is 16.1. The number of hydrogen-bond acceptors (Lipinski definition) is 4. The van der Waals surface area contributed by atoms with Gasteiger partial charge in [0.25, 0.3) is 5.69 Å². The van der Waals surface area contributed by atoms with E-state index in [1.54, 1.807) is 12.1 Å². The average Bonchev–Trinajstić information content (AvgIpc) is 2.99. The minimum Gasteiger partial charge on any atom is -0.392 e. The van der Waals surface area contributed by atoms with Crippen LogP contribution in [0.1, 0.15) is 46.7 Å². The lowest BCUT2D eigenvalue weighted by molar-refractivity contribution is -0.384. The van der Waals surface area contributed by atoms with Crippen molar-refractivity contribution in [2.24, 2.45) is 11.3 Å². The number of benzene rings is 1. The molecule has 0 aliphatic heterocycles. The van der Waals surface area contributed by atoms with Crippen molar-refractivity contribution in [2.45, 2.75) is 65.2 Å². The summed E-state index contributed by atoms with van der Waals surface area (Å²) in [5.41, 5.74) is 1.39. The number of nitro benzene ring substituents is 1. The van der Waals surface area contributed by atoms with Crippen LogP contribution in [0.15, 0.2) is 24.3 Å². The molecule has 6 nitrogen and oxygen atoms in total. The number of fused-ring (bicyclic) bond motifs is 1. The molecule has 3 rings (SSSR count). The van der Waals surface area contributed by atoms with Gasteiger partial charge in [0.1, 0.15) is 0 Å². The predicted octanol–water partition coefficient (Wildman–Crippen LogP) is 3.61. The first-order valence-electron chi connectivity index (χ1n) is 9.07. The Morgan fingerprint density at radius 3 is 2.42 bits per heavy atom. The average molecular weight is 360 g/mol. The molecule has 1 aromatic heterocycles. The van der Waals surface area contributed by atoms with Gasteiger partial charge in [-0.25, -0.2) is 0 Å². The lowest BCUT2D eigenvalue weighted by atomic mass is 9.85. The first-order chi connectivity index (χ1) is 11.9. The molecular weight excluding hydrogens is 332 g/mol. The van der Waals surface area contributed by atoms with E-state index in [4.69, 9.17) is 0 Å². The van der Waals surface area contributed by atoms with Gasteiger partial charge in [0.05, 0.1) is 17.1 Å². The normalized spacial score (nSPS) is 25.7. The van der Waals surface area contributed by atoms with Crippen LogP contribution in [0.3, 0.4) is 0 Å². The molecular formula is C20H28N2O4. The van der Waals surface area contributed by atoms with Crippen molar-refractivity contribution >= 4 is 16.6 Å². The van der Waals surface area contributed by atoms with Gasteiger partial charge in [0.2, 0.25) is 0 Å². The summed E-state index contributed by atoms with van der Waals surface area (Å²) < 4.78 is 2.15. The Labute approximate surface area is 153 Å². The monoisotopic (exact) mass is 360 g/mol. The molecule has 26 heavy (non-hydrogen) atoms. The van der Waals surface area contributed by atoms with Gasteiger partial charge in [-0.3, -0.25) is 10.1 Å².